The van der Waals surface area contributed by atoms with Crippen LogP contribution in [0.5, 0.6) is 0 Å². The molecule has 0 rings (SSSR count). The molecular formula is C22H46O2Si. The number of carbonyl (C=O) groups is 1. The summed E-state index contributed by atoms with van der Waals surface area (Å²) in [4.78, 5) is 11.7. The van der Waals surface area contributed by atoms with Gasteiger partial charge in [-0.3, -0.25) is 4.79 Å². The summed E-state index contributed by atoms with van der Waals surface area (Å²) in [6.07, 6.45) is 19.5. The van der Waals surface area contributed by atoms with Gasteiger partial charge in [-0.2, -0.15) is 0 Å². The zero-order valence-electron chi connectivity index (χ0n) is 18.0. The van der Waals surface area contributed by atoms with E-state index in [1.165, 1.54) is 83.5 Å². The van der Waals surface area contributed by atoms with Crippen molar-refractivity contribution >= 4 is 14.3 Å². The summed E-state index contributed by atoms with van der Waals surface area (Å²) in [7, 11) is -1.69. The molecule has 0 aromatic rings. The summed E-state index contributed by atoms with van der Waals surface area (Å²) < 4.78 is 5.48. The summed E-state index contributed by atoms with van der Waals surface area (Å²) in [5.74, 6) is 0.823. The van der Waals surface area contributed by atoms with E-state index < -0.39 is 8.32 Å². The predicted octanol–water partition coefficient (Wildman–Crippen LogP) is 7.87. The Morgan fingerprint density at radius 1 is 0.760 bits per heavy atom. The van der Waals surface area contributed by atoms with Crippen molar-refractivity contribution in [3.63, 3.8) is 0 Å². The van der Waals surface area contributed by atoms with Crippen LogP contribution < -0.4 is 0 Å². The fraction of sp³-hybridized carbons (Fsp3) is 0.955. The molecule has 0 aliphatic rings. The third kappa shape index (κ3) is 19.9. The molecule has 0 heterocycles. The lowest BCUT2D eigenvalue weighted by Crippen LogP contribution is -2.28. The molecule has 0 saturated heterocycles. The molecule has 2 nitrogen and oxygen atoms in total. The zero-order chi connectivity index (χ0) is 19.0. The molecule has 0 spiro atoms. The van der Waals surface area contributed by atoms with E-state index in [0.29, 0.717) is 6.42 Å². The van der Waals surface area contributed by atoms with Gasteiger partial charge < -0.3 is 4.43 Å². The standard InChI is InChI=1S/C22H46O2Si/c1-6-7-8-9-10-11-12-13-14-15-18-21(2)19-16-17-20-22(23)24-25(3,4)5/h21H,6-20H2,1-5H3. The largest absolute Gasteiger partial charge is 0.520 e. The Balaban J connectivity index is 3.33. The van der Waals surface area contributed by atoms with Gasteiger partial charge in [0.15, 0.2) is 0 Å². The topological polar surface area (TPSA) is 26.3 Å². The second-order valence-corrected chi connectivity index (χ2v) is 13.3. The van der Waals surface area contributed by atoms with Crippen LogP contribution in [0.2, 0.25) is 19.6 Å². The van der Waals surface area contributed by atoms with E-state index in [2.05, 4.69) is 33.5 Å². The van der Waals surface area contributed by atoms with E-state index in [0.717, 1.165) is 12.3 Å². The van der Waals surface area contributed by atoms with Crippen LogP contribution in [0.1, 0.15) is 110 Å². The van der Waals surface area contributed by atoms with Gasteiger partial charge in [0.2, 0.25) is 8.32 Å². The van der Waals surface area contributed by atoms with Gasteiger partial charge in [-0.15, -0.1) is 0 Å². The van der Waals surface area contributed by atoms with Crippen molar-refractivity contribution < 1.29 is 9.22 Å². The van der Waals surface area contributed by atoms with Crippen LogP contribution in [0.15, 0.2) is 0 Å². The third-order valence-corrected chi connectivity index (χ3v) is 5.64. The molecule has 3 heteroatoms. The minimum absolute atomic E-state index is 0.0153. The van der Waals surface area contributed by atoms with Gasteiger partial charge in [-0.05, 0) is 32.0 Å². The first-order chi connectivity index (χ1) is 11.8. The molecule has 0 saturated carbocycles. The first kappa shape index (κ1) is 24.7. The monoisotopic (exact) mass is 370 g/mol. The third-order valence-electron chi connectivity index (χ3n) is 4.80. The Morgan fingerprint density at radius 3 is 1.68 bits per heavy atom. The van der Waals surface area contributed by atoms with Gasteiger partial charge in [-0.1, -0.05) is 97.3 Å². The van der Waals surface area contributed by atoms with E-state index in [9.17, 15) is 4.79 Å². The van der Waals surface area contributed by atoms with Crippen molar-refractivity contribution in [3.05, 3.63) is 0 Å². The van der Waals surface area contributed by atoms with Gasteiger partial charge in [0.1, 0.15) is 0 Å². The van der Waals surface area contributed by atoms with Gasteiger partial charge in [0, 0.05) is 6.42 Å². The number of hydrogen-bond donors (Lipinski definition) is 0. The first-order valence-electron chi connectivity index (χ1n) is 11.1. The molecule has 150 valence electrons. The van der Waals surface area contributed by atoms with Crippen LogP contribution in [0.25, 0.3) is 0 Å². The Morgan fingerprint density at radius 2 is 1.20 bits per heavy atom. The lowest BCUT2D eigenvalue weighted by molar-refractivity contribution is -0.135. The van der Waals surface area contributed by atoms with Crippen LogP contribution in [0.4, 0.5) is 0 Å². The van der Waals surface area contributed by atoms with Crippen molar-refractivity contribution in [2.45, 2.75) is 130 Å². The van der Waals surface area contributed by atoms with Crippen LogP contribution in [-0.2, 0) is 9.22 Å². The fourth-order valence-electron chi connectivity index (χ4n) is 3.28. The molecule has 0 fully saturated rings. The van der Waals surface area contributed by atoms with Gasteiger partial charge in [-0.25, -0.2) is 0 Å². The average Bonchev–Trinajstić information content (AvgIpc) is 2.51. The number of unbranched alkanes of at least 4 members (excludes halogenated alkanes) is 10. The maximum Gasteiger partial charge on any atom is 0.292 e. The SMILES string of the molecule is CCCCCCCCCCCCC(C)CCCCC(=O)O[Si](C)(C)C. The van der Waals surface area contributed by atoms with Gasteiger partial charge >= 0.3 is 0 Å². The lowest BCUT2D eigenvalue weighted by atomic mass is 9.96. The van der Waals surface area contributed by atoms with Gasteiger partial charge in [0.25, 0.3) is 5.97 Å². The summed E-state index contributed by atoms with van der Waals surface area (Å²) in [6, 6.07) is 0. The molecule has 0 aliphatic heterocycles. The average molecular weight is 371 g/mol. The smallest absolute Gasteiger partial charge is 0.292 e. The van der Waals surface area contributed by atoms with E-state index in [4.69, 9.17) is 4.43 Å². The highest BCUT2D eigenvalue weighted by Gasteiger charge is 2.19. The number of hydrogen-bond acceptors (Lipinski definition) is 2. The van der Waals surface area contributed by atoms with E-state index in [1.54, 1.807) is 0 Å². The molecule has 25 heavy (non-hydrogen) atoms. The van der Waals surface area contributed by atoms with Crippen LogP contribution in [0.3, 0.4) is 0 Å². The molecule has 0 aromatic heterocycles. The first-order valence-corrected chi connectivity index (χ1v) is 14.5. The minimum atomic E-state index is -1.69. The van der Waals surface area contributed by atoms with Crippen molar-refractivity contribution in [2.75, 3.05) is 0 Å². The highest BCUT2D eigenvalue weighted by molar-refractivity contribution is 6.71. The molecule has 1 unspecified atom stereocenters. The highest BCUT2D eigenvalue weighted by atomic mass is 28.4. The normalized spacial score (nSPS) is 13.0. The van der Waals surface area contributed by atoms with Crippen molar-refractivity contribution in [1.29, 1.82) is 0 Å². The Hall–Kier alpha value is -0.313. The van der Waals surface area contributed by atoms with E-state index in [1.807, 2.05) is 0 Å². The molecular weight excluding hydrogens is 324 g/mol. The van der Waals surface area contributed by atoms with E-state index in [-0.39, 0.29) is 5.97 Å². The molecule has 1 atom stereocenters. The Bertz CT molecular complexity index is 310. The Labute approximate surface area is 159 Å². The van der Waals surface area contributed by atoms with Crippen molar-refractivity contribution in [3.8, 4) is 0 Å². The summed E-state index contributed by atoms with van der Waals surface area (Å²) in [6.45, 7) is 10.9. The zero-order valence-corrected chi connectivity index (χ0v) is 19.0. The summed E-state index contributed by atoms with van der Waals surface area (Å²) >= 11 is 0. The number of rotatable bonds is 17. The number of carbonyl (C=O) groups excluding carboxylic acids is 1. The molecule has 0 bridgehead atoms. The second-order valence-electron chi connectivity index (χ2n) is 8.91. The quantitative estimate of drug-likeness (QED) is 0.192. The molecule has 0 radical (unpaired) electrons. The van der Waals surface area contributed by atoms with Crippen LogP contribution in [-0.4, -0.2) is 14.3 Å². The van der Waals surface area contributed by atoms with Crippen LogP contribution >= 0.6 is 0 Å². The molecule has 0 amide bonds. The van der Waals surface area contributed by atoms with Crippen molar-refractivity contribution in [2.24, 2.45) is 5.92 Å². The summed E-state index contributed by atoms with van der Waals surface area (Å²) in [5, 5.41) is 0. The predicted molar refractivity (Wildman–Crippen MR) is 114 cm³/mol. The maximum absolute atomic E-state index is 11.7. The van der Waals surface area contributed by atoms with E-state index >= 15 is 0 Å². The minimum Gasteiger partial charge on any atom is -0.520 e. The van der Waals surface area contributed by atoms with Crippen LogP contribution in [0, 0.1) is 5.92 Å². The maximum atomic E-state index is 11.7. The molecule has 0 aromatic carbocycles. The highest BCUT2D eigenvalue weighted by Crippen LogP contribution is 2.18. The summed E-state index contributed by atoms with van der Waals surface area (Å²) in [5.41, 5.74) is 0. The fourth-order valence-corrected chi connectivity index (χ4v) is 4.06. The lowest BCUT2D eigenvalue weighted by Gasteiger charge is -2.17. The van der Waals surface area contributed by atoms with Crippen molar-refractivity contribution in [1.82, 2.24) is 0 Å². The second kappa shape index (κ2) is 15.9. The Kier molecular flexibility index (Phi) is 15.7. The molecule has 0 aliphatic carbocycles. The molecule has 0 N–H and O–H groups in total. The van der Waals surface area contributed by atoms with Gasteiger partial charge in [0.05, 0.1) is 0 Å².